The fourth-order valence-electron chi connectivity index (χ4n) is 3.44. The van der Waals surface area contributed by atoms with Crippen molar-refractivity contribution >= 4 is 45.6 Å². The van der Waals surface area contributed by atoms with Crippen LogP contribution < -0.4 is 10.2 Å². The molecule has 4 rings (SSSR count). The van der Waals surface area contributed by atoms with E-state index in [2.05, 4.69) is 54.9 Å². The number of aryl methyl sites for hydroxylation is 1. The molecule has 2 heterocycles. The highest BCUT2D eigenvalue weighted by Gasteiger charge is 2.21. The highest BCUT2D eigenvalue weighted by atomic mass is 127. The first-order valence-corrected chi connectivity index (χ1v) is 10.8. The number of non-ortho nitro benzene ring substituents is 1. The molecule has 3 aromatic rings. The van der Waals surface area contributed by atoms with Gasteiger partial charge in [0.15, 0.2) is 0 Å². The highest BCUT2D eigenvalue weighted by molar-refractivity contribution is 14.1. The van der Waals surface area contributed by atoms with Crippen LogP contribution in [-0.2, 0) is 17.4 Å². The molecule has 148 valence electrons. The van der Waals surface area contributed by atoms with Gasteiger partial charge in [-0.1, -0.05) is 40.8 Å². The Kier molecular flexibility index (Phi) is 5.61. The lowest BCUT2D eigenvalue weighted by Crippen LogP contribution is -2.31. The lowest BCUT2D eigenvalue weighted by molar-refractivity contribution is -0.384. The standard InChI is InChI=1S/C21H20IN5O2/c1-14-2-7-18(27(28)29)10-20(14)26-9-8-19-16(13-26)12-23-21(25-19)24-17-5-3-15(11-22)4-6-17/h2-7,10,12H,8-9,11,13H2,1H3,(H,23,24,25). The number of nitrogens with one attached hydrogen (secondary N) is 1. The van der Waals surface area contributed by atoms with E-state index in [9.17, 15) is 10.1 Å². The summed E-state index contributed by atoms with van der Waals surface area (Å²) in [5.41, 5.74) is 6.33. The Labute approximate surface area is 182 Å². The van der Waals surface area contributed by atoms with Crippen LogP contribution in [0.2, 0.25) is 0 Å². The van der Waals surface area contributed by atoms with Gasteiger partial charge >= 0.3 is 0 Å². The van der Waals surface area contributed by atoms with Gasteiger partial charge in [0, 0.05) is 59.2 Å². The van der Waals surface area contributed by atoms with E-state index in [-0.39, 0.29) is 10.6 Å². The molecular formula is C21H20IN5O2. The quantitative estimate of drug-likeness (QED) is 0.231. The van der Waals surface area contributed by atoms with Gasteiger partial charge in [-0.15, -0.1) is 0 Å². The van der Waals surface area contributed by atoms with Crippen LogP contribution in [-0.4, -0.2) is 21.4 Å². The molecule has 2 aromatic carbocycles. The summed E-state index contributed by atoms with van der Waals surface area (Å²) in [6.45, 7) is 3.37. The number of nitrogens with zero attached hydrogens (tertiary/aromatic N) is 4. The van der Waals surface area contributed by atoms with Crippen LogP contribution in [0.1, 0.15) is 22.4 Å². The fourth-order valence-corrected chi connectivity index (χ4v) is 3.95. The predicted molar refractivity (Wildman–Crippen MR) is 122 cm³/mol. The molecule has 0 saturated carbocycles. The van der Waals surface area contributed by atoms with Crippen molar-refractivity contribution in [3.63, 3.8) is 0 Å². The average Bonchev–Trinajstić information content (AvgIpc) is 2.74. The van der Waals surface area contributed by atoms with Crippen molar-refractivity contribution in [1.29, 1.82) is 0 Å². The normalized spacial score (nSPS) is 13.1. The highest BCUT2D eigenvalue weighted by Crippen LogP contribution is 2.30. The van der Waals surface area contributed by atoms with Gasteiger partial charge in [-0.3, -0.25) is 10.1 Å². The number of halogens is 1. The van der Waals surface area contributed by atoms with Crippen LogP contribution in [0.15, 0.2) is 48.7 Å². The van der Waals surface area contributed by atoms with E-state index < -0.39 is 0 Å². The maximum absolute atomic E-state index is 11.1. The van der Waals surface area contributed by atoms with Crippen molar-refractivity contribution in [2.24, 2.45) is 0 Å². The van der Waals surface area contributed by atoms with Gasteiger partial charge < -0.3 is 10.2 Å². The van der Waals surface area contributed by atoms with Crippen molar-refractivity contribution < 1.29 is 4.92 Å². The number of aromatic nitrogens is 2. The van der Waals surface area contributed by atoms with E-state index in [0.717, 1.165) is 45.6 Å². The number of nitro benzene ring substituents is 1. The molecule has 0 spiro atoms. The molecule has 29 heavy (non-hydrogen) atoms. The molecular weight excluding hydrogens is 481 g/mol. The molecule has 1 aliphatic rings. The smallest absolute Gasteiger partial charge is 0.271 e. The molecule has 1 aromatic heterocycles. The molecule has 0 atom stereocenters. The summed E-state index contributed by atoms with van der Waals surface area (Å²) in [7, 11) is 0. The van der Waals surface area contributed by atoms with E-state index in [1.165, 1.54) is 5.56 Å². The van der Waals surface area contributed by atoms with Gasteiger partial charge in [0.25, 0.3) is 5.69 Å². The van der Waals surface area contributed by atoms with Gasteiger partial charge in [0.05, 0.1) is 10.6 Å². The second kappa shape index (κ2) is 8.32. The van der Waals surface area contributed by atoms with E-state index >= 15 is 0 Å². The number of fused-ring (bicyclic) bond motifs is 1. The number of rotatable bonds is 5. The van der Waals surface area contributed by atoms with Gasteiger partial charge in [-0.25, -0.2) is 9.97 Å². The molecule has 0 aliphatic carbocycles. The number of nitro groups is 1. The van der Waals surface area contributed by atoms with Gasteiger partial charge in [0.1, 0.15) is 0 Å². The summed E-state index contributed by atoms with van der Waals surface area (Å²) < 4.78 is 0.980. The van der Waals surface area contributed by atoms with Crippen molar-refractivity contribution in [3.05, 3.63) is 81.2 Å². The topological polar surface area (TPSA) is 84.2 Å². The second-order valence-electron chi connectivity index (χ2n) is 7.02. The largest absolute Gasteiger partial charge is 0.366 e. The lowest BCUT2D eigenvalue weighted by atomic mass is 10.0. The zero-order valence-electron chi connectivity index (χ0n) is 15.9. The van der Waals surface area contributed by atoms with Crippen LogP contribution >= 0.6 is 22.6 Å². The molecule has 0 unspecified atom stereocenters. The Morgan fingerprint density at radius 2 is 2.03 bits per heavy atom. The first-order chi connectivity index (χ1) is 14.0. The Bertz CT molecular complexity index is 1060. The first kappa shape index (κ1) is 19.6. The van der Waals surface area contributed by atoms with Crippen molar-refractivity contribution in [1.82, 2.24) is 9.97 Å². The van der Waals surface area contributed by atoms with Crippen LogP contribution in [0.4, 0.5) is 23.0 Å². The van der Waals surface area contributed by atoms with Gasteiger partial charge in [-0.05, 0) is 30.2 Å². The lowest BCUT2D eigenvalue weighted by Gasteiger charge is -2.31. The number of hydrogen-bond acceptors (Lipinski definition) is 6. The van der Waals surface area contributed by atoms with Crippen molar-refractivity contribution in [2.45, 2.75) is 24.3 Å². The zero-order valence-corrected chi connectivity index (χ0v) is 18.1. The van der Waals surface area contributed by atoms with Crippen molar-refractivity contribution in [2.75, 3.05) is 16.8 Å². The molecule has 0 fully saturated rings. The van der Waals surface area contributed by atoms with Crippen LogP contribution in [0, 0.1) is 17.0 Å². The minimum atomic E-state index is -0.353. The van der Waals surface area contributed by atoms with Crippen LogP contribution in [0.25, 0.3) is 0 Å². The molecule has 1 N–H and O–H groups in total. The molecule has 0 bridgehead atoms. The monoisotopic (exact) mass is 501 g/mol. The molecule has 0 saturated heterocycles. The summed E-state index contributed by atoms with van der Waals surface area (Å²) in [4.78, 5) is 22.1. The predicted octanol–water partition coefficient (Wildman–Crippen LogP) is 4.93. The molecule has 1 aliphatic heterocycles. The summed E-state index contributed by atoms with van der Waals surface area (Å²) in [5.74, 6) is 0.589. The second-order valence-corrected chi connectivity index (χ2v) is 7.78. The summed E-state index contributed by atoms with van der Waals surface area (Å²) in [6, 6.07) is 13.2. The zero-order chi connectivity index (χ0) is 20.4. The maximum Gasteiger partial charge on any atom is 0.271 e. The number of hydrogen-bond donors (Lipinski definition) is 1. The molecule has 0 radical (unpaired) electrons. The third kappa shape index (κ3) is 4.31. The summed E-state index contributed by atoms with van der Waals surface area (Å²) in [5, 5.41) is 14.4. The maximum atomic E-state index is 11.1. The third-order valence-corrected chi connectivity index (χ3v) is 5.92. The summed E-state index contributed by atoms with van der Waals surface area (Å²) >= 11 is 2.34. The Morgan fingerprint density at radius 3 is 2.76 bits per heavy atom. The third-order valence-electron chi connectivity index (χ3n) is 5.04. The Balaban J connectivity index is 1.52. The first-order valence-electron chi connectivity index (χ1n) is 9.30. The Morgan fingerprint density at radius 1 is 1.24 bits per heavy atom. The van der Waals surface area contributed by atoms with E-state index in [1.807, 2.05) is 25.3 Å². The van der Waals surface area contributed by atoms with Crippen LogP contribution in [0.3, 0.4) is 0 Å². The molecule has 0 amide bonds. The summed E-state index contributed by atoms with van der Waals surface area (Å²) in [6.07, 6.45) is 2.62. The SMILES string of the molecule is Cc1ccc([N+](=O)[O-])cc1N1CCc2nc(Nc3ccc(CI)cc3)ncc2C1. The number of benzene rings is 2. The minimum absolute atomic E-state index is 0.112. The fraction of sp³-hybridized carbons (Fsp3) is 0.238. The van der Waals surface area contributed by atoms with E-state index in [1.54, 1.807) is 18.2 Å². The molecule has 8 heteroatoms. The number of anilines is 3. The van der Waals surface area contributed by atoms with E-state index in [0.29, 0.717) is 12.5 Å². The van der Waals surface area contributed by atoms with Crippen molar-refractivity contribution in [3.8, 4) is 0 Å². The van der Waals surface area contributed by atoms with E-state index in [4.69, 9.17) is 0 Å². The number of alkyl halides is 1. The average molecular weight is 501 g/mol. The van der Waals surface area contributed by atoms with Gasteiger partial charge in [0.2, 0.25) is 5.95 Å². The Hall–Kier alpha value is -2.75. The van der Waals surface area contributed by atoms with Gasteiger partial charge in [-0.2, -0.15) is 0 Å². The minimum Gasteiger partial charge on any atom is -0.366 e. The van der Waals surface area contributed by atoms with Crippen LogP contribution in [0.5, 0.6) is 0 Å². The molecule has 7 nitrogen and oxygen atoms in total.